The lowest BCUT2D eigenvalue weighted by Gasteiger charge is -2.30. The van der Waals surface area contributed by atoms with E-state index in [0.717, 1.165) is 30.5 Å². The number of rotatable bonds is 7. The molecule has 0 spiro atoms. The van der Waals surface area contributed by atoms with Crippen molar-refractivity contribution in [3.8, 4) is 0 Å². The summed E-state index contributed by atoms with van der Waals surface area (Å²) in [5.74, 6) is 0.149. The molecule has 0 fully saturated rings. The fourth-order valence-electron chi connectivity index (χ4n) is 3.44. The van der Waals surface area contributed by atoms with Crippen LogP contribution in [0.4, 0.5) is 16.2 Å². The summed E-state index contributed by atoms with van der Waals surface area (Å²) >= 11 is 0. The highest BCUT2D eigenvalue weighted by Crippen LogP contribution is 2.31. The second-order valence-corrected chi connectivity index (χ2v) is 8.96. The molecule has 28 heavy (non-hydrogen) atoms. The maximum absolute atomic E-state index is 12.5. The number of carbonyl (C=O) groups is 1. The Morgan fingerprint density at radius 2 is 1.93 bits per heavy atom. The number of fused-ring (bicyclic) bond motifs is 1. The van der Waals surface area contributed by atoms with E-state index in [0.29, 0.717) is 25.2 Å². The molecule has 0 aromatic heterocycles. The molecule has 0 radical (unpaired) electrons. The van der Waals surface area contributed by atoms with Gasteiger partial charge in [-0.15, -0.1) is 0 Å². The Bertz CT molecular complexity index is 914. The lowest BCUT2D eigenvalue weighted by atomic mass is 10.0. The van der Waals surface area contributed by atoms with Crippen LogP contribution >= 0.6 is 0 Å². The molecule has 2 aromatic rings. The van der Waals surface area contributed by atoms with E-state index in [1.807, 2.05) is 43.3 Å². The van der Waals surface area contributed by atoms with Gasteiger partial charge in [0.15, 0.2) is 0 Å². The summed E-state index contributed by atoms with van der Waals surface area (Å²) in [6.07, 6.45) is 2.95. The molecule has 2 amide bonds. The third-order valence-electron chi connectivity index (χ3n) is 4.75. The number of hydrogen-bond donors (Lipinski definition) is 2. The minimum Gasteiger partial charge on any atom is -0.338 e. The third kappa shape index (κ3) is 5.04. The van der Waals surface area contributed by atoms with Crippen molar-refractivity contribution in [1.82, 2.24) is 5.32 Å². The van der Waals surface area contributed by atoms with E-state index in [2.05, 4.69) is 10.6 Å². The Balaban J connectivity index is 1.61. The highest BCUT2D eigenvalue weighted by atomic mass is 32.2. The lowest BCUT2D eigenvalue weighted by Crippen LogP contribution is -2.37. The minimum atomic E-state index is -3.29. The van der Waals surface area contributed by atoms with Crippen LogP contribution < -0.4 is 14.9 Å². The van der Waals surface area contributed by atoms with Crippen molar-refractivity contribution in [2.75, 3.05) is 28.5 Å². The largest absolute Gasteiger partial charge is 0.338 e. The molecular weight excluding hydrogens is 374 g/mol. The number of sulfonamides is 1. The normalized spacial score (nSPS) is 13.7. The number of anilines is 2. The number of hydrogen-bond acceptors (Lipinski definition) is 3. The van der Waals surface area contributed by atoms with Crippen molar-refractivity contribution in [1.29, 1.82) is 0 Å². The third-order valence-corrected chi connectivity index (χ3v) is 6.73. The highest BCUT2D eigenvalue weighted by molar-refractivity contribution is 7.92. The van der Waals surface area contributed by atoms with Crippen LogP contribution in [-0.4, -0.2) is 33.3 Å². The van der Waals surface area contributed by atoms with Crippen molar-refractivity contribution < 1.29 is 13.2 Å². The second kappa shape index (κ2) is 9.10. The first kappa shape index (κ1) is 20.2. The van der Waals surface area contributed by atoms with Gasteiger partial charge in [-0.3, -0.25) is 4.31 Å². The maximum Gasteiger partial charge on any atom is 0.319 e. The minimum absolute atomic E-state index is 0.149. The first-order chi connectivity index (χ1) is 13.5. The van der Waals surface area contributed by atoms with Gasteiger partial charge in [0.25, 0.3) is 0 Å². The van der Waals surface area contributed by atoms with Gasteiger partial charge in [-0.2, -0.15) is 0 Å². The Hall–Kier alpha value is -2.54. The number of amides is 2. The van der Waals surface area contributed by atoms with Gasteiger partial charge in [-0.05, 0) is 55.0 Å². The van der Waals surface area contributed by atoms with Crippen LogP contribution in [0.25, 0.3) is 0 Å². The van der Waals surface area contributed by atoms with Crippen LogP contribution in [-0.2, 0) is 22.9 Å². The average Bonchev–Trinajstić information content (AvgIpc) is 2.68. The molecule has 1 aliphatic rings. The first-order valence-corrected chi connectivity index (χ1v) is 11.3. The van der Waals surface area contributed by atoms with Crippen LogP contribution in [0.15, 0.2) is 48.5 Å². The lowest BCUT2D eigenvalue weighted by molar-refractivity contribution is 0.252. The molecule has 1 aliphatic heterocycles. The Morgan fingerprint density at radius 3 is 2.68 bits per heavy atom. The fourth-order valence-corrected chi connectivity index (χ4v) is 5.06. The van der Waals surface area contributed by atoms with Crippen LogP contribution in [0.3, 0.4) is 0 Å². The summed E-state index contributed by atoms with van der Waals surface area (Å²) in [6, 6.07) is 15.1. The van der Waals surface area contributed by atoms with E-state index in [1.54, 1.807) is 12.1 Å². The average molecular weight is 402 g/mol. The Kier molecular flexibility index (Phi) is 6.57. The van der Waals surface area contributed by atoms with Crippen molar-refractivity contribution in [2.45, 2.75) is 32.6 Å². The van der Waals surface area contributed by atoms with Crippen LogP contribution in [0.1, 0.15) is 30.9 Å². The predicted octanol–water partition coefficient (Wildman–Crippen LogP) is 3.54. The molecule has 0 bridgehead atoms. The topological polar surface area (TPSA) is 78.5 Å². The molecule has 2 N–H and O–H groups in total. The number of nitrogens with one attached hydrogen (secondary N) is 2. The molecule has 1 heterocycles. The summed E-state index contributed by atoms with van der Waals surface area (Å²) < 4.78 is 26.5. The SMILES string of the molecule is CCCS(=O)(=O)N1CCCc2cc(NC(=O)NCCc3ccccc3)ccc21. The van der Waals surface area contributed by atoms with Crippen molar-refractivity contribution >= 4 is 27.4 Å². The van der Waals surface area contributed by atoms with Gasteiger partial charge >= 0.3 is 6.03 Å². The summed E-state index contributed by atoms with van der Waals surface area (Å²) in [5.41, 5.74) is 3.53. The Morgan fingerprint density at radius 1 is 1.14 bits per heavy atom. The molecule has 150 valence electrons. The smallest absolute Gasteiger partial charge is 0.319 e. The zero-order valence-electron chi connectivity index (χ0n) is 16.1. The molecule has 7 heteroatoms. The first-order valence-electron chi connectivity index (χ1n) is 9.72. The number of carbonyl (C=O) groups excluding carboxylic acids is 1. The molecule has 0 unspecified atom stereocenters. The molecule has 0 saturated heterocycles. The standard InChI is InChI=1S/C21H27N3O3S/c1-2-15-28(26,27)24-14-6-9-18-16-19(10-11-20(18)24)23-21(25)22-13-12-17-7-4-3-5-8-17/h3-5,7-8,10-11,16H,2,6,9,12-15H2,1H3,(H2,22,23,25). The zero-order valence-corrected chi connectivity index (χ0v) is 17.0. The molecule has 6 nitrogen and oxygen atoms in total. The molecule has 2 aromatic carbocycles. The van der Waals surface area contributed by atoms with Crippen molar-refractivity contribution in [3.05, 3.63) is 59.7 Å². The van der Waals surface area contributed by atoms with Gasteiger partial charge in [0.05, 0.1) is 11.4 Å². The number of urea groups is 1. The van der Waals surface area contributed by atoms with E-state index in [9.17, 15) is 13.2 Å². The van der Waals surface area contributed by atoms with Gasteiger partial charge in [0.1, 0.15) is 0 Å². The van der Waals surface area contributed by atoms with Gasteiger partial charge in [0.2, 0.25) is 10.0 Å². The fraction of sp³-hybridized carbons (Fsp3) is 0.381. The molecule has 0 saturated carbocycles. The van der Waals surface area contributed by atoms with Crippen LogP contribution in [0.5, 0.6) is 0 Å². The summed E-state index contributed by atoms with van der Waals surface area (Å²) in [7, 11) is -3.29. The second-order valence-electron chi connectivity index (χ2n) is 6.95. The highest BCUT2D eigenvalue weighted by Gasteiger charge is 2.26. The molecule has 0 aliphatic carbocycles. The van der Waals surface area contributed by atoms with E-state index >= 15 is 0 Å². The molecular formula is C21H27N3O3S. The summed E-state index contributed by atoms with van der Waals surface area (Å²) in [5, 5.41) is 5.69. The van der Waals surface area contributed by atoms with Crippen molar-refractivity contribution in [2.24, 2.45) is 0 Å². The maximum atomic E-state index is 12.5. The van der Waals surface area contributed by atoms with E-state index in [4.69, 9.17) is 0 Å². The van der Waals surface area contributed by atoms with Crippen LogP contribution in [0, 0.1) is 0 Å². The zero-order chi connectivity index (χ0) is 20.0. The van der Waals surface area contributed by atoms with Gasteiger partial charge in [0, 0.05) is 18.8 Å². The van der Waals surface area contributed by atoms with E-state index < -0.39 is 10.0 Å². The predicted molar refractivity (Wildman–Crippen MR) is 113 cm³/mol. The van der Waals surface area contributed by atoms with Gasteiger partial charge in [-0.25, -0.2) is 13.2 Å². The number of aryl methyl sites for hydroxylation is 1. The summed E-state index contributed by atoms with van der Waals surface area (Å²) in [6.45, 7) is 2.93. The van der Waals surface area contributed by atoms with Gasteiger partial charge < -0.3 is 10.6 Å². The molecule has 0 atom stereocenters. The number of nitrogens with zero attached hydrogens (tertiary/aromatic N) is 1. The summed E-state index contributed by atoms with van der Waals surface area (Å²) in [4.78, 5) is 12.2. The van der Waals surface area contributed by atoms with Gasteiger partial charge in [-0.1, -0.05) is 37.3 Å². The monoisotopic (exact) mass is 401 g/mol. The number of benzene rings is 2. The quantitative estimate of drug-likeness (QED) is 0.745. The molecule has 3 rings (SSSR count). The Labute approximate surface area is 167 Å². The van der Waals surface area contributed by atoms with Crippen LogP contribution in [0.2, 0.25) is 0 Å². The van der Waals surface area contributed by atoms with E-state index in [-0.39, 0.29) is 11.8 Å². The van der Waals surface area contributed by atoms with Crippen molar-refractivity contribution in [3.63, 3.8) is 0 Å². The van der Waals surface area contributed by atoms with E-state index in [1.165, 1.54) is 9.87 Å².